The summed E-state index contributed by atoms with van der Waals surface area (Å²) in [5.41, 5.74) is 5.49. The van der Waals surface area contributed by atoms with Crippen LogP contribution in [0.3, 0.4) is 0 Å². The van der Waals surface area contributed by atoms with Gasteiger partial charge in [0, 0.05) is 31.2 Å². The van der Waals surface area contributed by atoms with Crippen LogP contribution in [-0.4, -0.2) is 25.6 Å². The second-order valence-electron chi connectivity index (χ2n) is 3.60. The van der Waals surface area contributed by atoms with Crippen molar-refractivity contribution in [3.63, 3.8) is 0 Å². The van der Waals surface area contributed by atoms with Gasteiger partial charge in [-0.3, -0.25) is 0 Å². The lowest BCUT2D eigenvalue weighted by atomic mass is 10.3. The summed E-state index contributed by atoms with van der Waals surface area (Å²) in [5, 5.41) is 3.24. The van der Waals surface area contributed by atoms with Crippen LogP contribution >= 0.6 is 0 Å². The lowest BCUT2D eigenvalue weighted by molar-refractivity contribution is 0.617. The summed E-state index contributed by atoms with van der Waals surface area (Å²) in [6, 6.07) is 2.03. The molecule has 2 aromatic rings. The topological polar surface area (TPSA) is 81.7 Å². The van der Waals surface area contributed by atoms with Crippen molar-refractivity contribution in [2.45, 2.75) is 19.5 Å². The van der Waals surface area contributed by atoms with Crippen LogP contribution < -0.4 is 11.1 Å². The summed E-state index contributed by atoms with van der Waals surface area (Å²) in [5.74, 6) is 1.01. The SMILES string of the molecule is CC(Cn1ccnc1)Nc1ccnc(N)n1. The second-order valence-corrected chi connectivity index (χ2v) is 3.60. The molecule has 2 aromatic heterocycles. The van der Waals surface area contributed by atoms with Crippen LogP contribution in [-0.2, 0) is 6.54 Å². The van der Waals surface area contributed by atoms with Gasteiger partial charge in [0.25, 0.3) is 0 Å². The first-order valence-corrected chi connectivity index (χ1v) is 5.05. The highest BCUT2D eigenvalue weighted by atomic mass is 15.1. The van der Waals surface area contributed by atoms with Crippen LogP contribution in [0.1, 0.15) is 6.92 Å². The molecule has 0 aromatic carbocycles. The standard InChI is InChI=1S/C10H14N6/c1-8(6-16-5-4-12-7-16)14-9-2-3-13-10(11)15-9/h2-5,7-8H,6H2,1H3,(H3,11,13,14,15). The molecule has 0 aliphatic heterocycles. The van der Waals surface area contributed by atoms with Crippen molar-refractivity contribution >= 4 is 11.8 Å². The van der Waals surface area contributed by atoms with Gasteiger partial charge in [-0.15, -0.1) is 0 Å². The second kappa shape index (κ2) is 4.61. The van der Waals surface area contributed by atoms with Gasteiger partial charge in [0.1, 0.15) is 5.82 Å². The predicted molar refractivity (Wildman–Crippen MR) is 61.8 cm³/mol. The molecule has 6 nitrogen and oxygen atoms in total. The van der Waals surface area contributed by atoms with E-state index in [-0.39, 0.29) is 12.0 Å². The first kappa shape index (κ1) is 10.4. The molecule has 1 unspecified atom stereocenters. The number of imidazole rings is 1. The largest absolute Gasteiger partial charge is 0.368 e. The molecule has 2 heterocycles. The number of anilines is 2. The summed E-state index contributed by atoms with van der Waals surface area (Å²) in [4.78, 5) is 11.9. The summed E-state index contributed by atoms with van der Waals surface area (Å²) >= 11 is 0. The maximum absolute atomic E-state index is 5.49. The summed E-state index contributed by atoms with van der Waals surface area (Å²) in [6.07, 6.45) is 7.10. The molecule has 0 aliphatic rings. The molecule has 3 N–H and O–H groups in total. The maximum atomic E-state index is 5.49. The average Bonchev–Trinajstić information content (AvgIpc) is 2.70. The summed E-state index contributed by atoms with van der Waals surface area (Å²) < 4.78 is 2.00. The minimum atomic E-state index is 0.239. The van der Waals surface area contributed by atoms with Gasteiger partial charge in [-0.2, -0.15) is 4.98 Å². The van der Waals surface area contributed by atoms with Gasteiger partial charge in [-0.05, 0) is 13.0 Å². The molecule has 2 rings (SSSR count). The predicted octanol–water partition coefficient (Wildman–Crippen LogP) is 0.756. The van der Waals surface area contributed by atoms with Crippen molar-refractivity contribution in [1.29, 1.82) is 0 Å². The first-order chi connectivity index (χ1) is 7.74. The number of nitrogens with zero attached hydrogens (tertiary/aromatic N) is 4. The smallest absolute Gasteiger partial charge is 0.221 e. The normalized spacial score (nSPS) is 12.3. The molecule has 0 bridgehead atoms. The molecule has 0 spiro atoms. The van der Waals surface area contributed by atoms with Crippen molar-refractivity contribution in [3.05, 3.63) is 31.0 Å². The molecule has 0 fully saturated rings. The highest BCUT2D eigenvalue weighted by molar-refractivity contribution is 5.37. The molecular formula is C10H14N6. The van der Waals surface area contributed by atoms with Gasteiger partial charge in [-0.25, -0.2) is 9.97 Å². The summed E-state index contributed by atoms with van der Waals surface area (Å²) in [6.45, 7) is 2.89. The zero-order valence-corrected chi connectivity index (χ0v) is 9.04. The van der Waals surface area contributed by atoms with Gasteiger partial charge in [0.05, 0.1) is 6.33 Å². The van der Waals surface area contributed by atoms with E-state index in [0.29, 0.717) is 0 Å². The van der Waals surface area contributed by atoms with Gasteiger partial charge in [-0.1, -0.05) is 0 Å². The van der Waals surface area contributed by atoms with Gasteiger partial charge in [0.15, 0.2) is 0 Å². The van der Waals surface area contributed by atoms with Gasteiger partial charge < -0.3 is 15.6 Å². The lowest BCUT2D eigenvalue weighted by Gasteiger charge is -2.14. The van der Waals surface area contributed by atoms with E-state index in [1.807, 2.05) is 10.8 Å². The summed E-state index contributed by atoms with van der Waals surface area (Å²) in [7, 11) is 0. The number of aromatic nitrogens is 4. The molecule has 0 saturated heterocycles. The quantitative estimate of drug-likeness (QED) is 0.791. The van der Waals surface area contributed by atoms with E-state index in [9.17, 15) is 0 Å². The van der Waals surface area contributed by atoms with Crippen LogP contribution in [0.5, 0.6) is 0 Å². The van der Waals surface area contributed by atoms with Crippen molar-refractivity contribution < 1.29 is 0 Å². The van der Waals surface area contributed by atoms with E-state index >= 15 is 0 Å². The van der Waals surface area contributed by atoms with Crippen molar-refractivity contribution in [2.24, 2.45) is 0 Å². The lowest BCUT2D eigenvalue weighted by Crippen LogP contribution is -2.22. The van der Waals surface area contributed by atoms with Crippen LogP contribution in [0.4, 0.5) is 11.8 Å². The molecule has 16 heavy (non-hydrogen) atoms. The minimum absolute atomic E-state index is 0.239. The van der Waals surface area contributed by atoms with E-state index in [1.165, 1.54) is 0 Å². The Hall–Kier alpha value is -2.11. The Kier molecular flexibility index (Phi) is 3.00. The number of nitrogens with two attached hydrogens (primary N) is 1. The molecule has 6 heteroatoms. The van der Waals surface area contributed by atoms with E-state index in [1.54, 1.807) is 24.8 Å². The Balaban J connectivity index is 1.94. The van der Waals surface area contributed by atoms with Crippen molar-refractivity contribution in [1.82, 2.24) is 19.5 Å². The van der Waals surface area contributed by atoms with E-state index in [0.717, 1.165) is 12.4 Å². The Morgan fingerprint density at radius 1 is 1.50 bits per heavy atom. The number of nitrogen functional groups attached to an aromatic ring is 1. The van der Waals surface area contributed by atoms with E-state index in [4.69, 9.17) is 5.73 Å². The van der Waals surface area contributed by atoms with E-state index < -0.39 is 0 Å². The zero-order chi connectivity index (χ0) is 11.4. The van der Waals surface area contributed by atoms with Crippen molar-refractivity contribution in [2.75, 3.05) is 11.1 Å². The monoisotopic (exact) mass is 218 g/mol. The number of rotatable bonds is 4. The fourth-order valence-corrected chi connectivity index (χ4v) is 1.46. The molecular weight excluding hydrogens is 204 g/mol. The fourth-order valence-electron chi connectivity index (χ4n) is 1.46. The fraction of sp³-hybridized carbons (Fsp3) is 0.300. The van der Waals surface area contributed by atoms with Gasteiger partial charge in [0.2, 0.25) is 5.95 Å². The van der Waals surface area contributed by atoms with Crippen LogP contribution in [0.15, 0.2) is 31.0 Å². The zero-order valence-electron chi connectivity index (χ0n) is 9.04. The Morgan fingerprint density at radius 3 is 3.06 bits per heavy atom. The molecule has 84 valence electrons. The van der Waals surface area contributed by atoms with Crippen molar-refractivity contribution in [3.8, 4) is 0 Å². The molecule has 0 amide bonds. The third kappa shape index (κ3) is 2.69. The maximum Gasteiger partial charge on any atom is 0.221 e. The Bertz CT molecular complexity index is 438. The molecule has 1 atom stereocenters. The molecule has 0 saturated carbocycles. The highest BCUT2D eigenvalue weighted by Gasteiger charge is 2.03. The van der Waals surface area contributed by atoms with Crippen LogP contribution in [0.25, 0.3) is 0 Å². The number of nitrogens with one attached hydrogen (secondary N) is 1. The third-order valence-corrected chi connectivity index (χ3v) is 2.11. The molecule has 0 radical (unpaired) electrons. The minimum Gasteiger partial charge on any atom is -0.368 e. The number of hydrogen-bond donors (Lipinski definition) is 2. The third-order valence-electron chi connectivity index (χ3n) is 2.11. The van der Waals surface area contributed by atoms with Crippen LogP contribution in [0, 0.1) is 0 Å². The average molecular weight is 218 g/mol. The van der Waals surface area contributed by atoms with Gasteiger partial charge >= 0.3 is 0 Å². The Labute approximate surface area is 93.6 Å². The highest BCUT2D eigenvalue weighted by Crippen LogP contribution is 2.05. The first-order valence-electron chi connectivity index (χ1n) is 5.05. The van der Waals surface area contributed by atoms with E-state index in [2.05, 4.69) is 27.2 Å². The number of hydrogen-bond acceptors (Lipinski definition) is 5. The van der Waals surface area contributed by atoms with Crippen LogP contribution in [0.2, 0.25) is 0 Å². The Morgan fingerprint density at radius 2 is 2.38 bits per heavy atom. The molecule has 0 aliphatic carbocycles.